The molecule has 0 fully saturated rings. The van der Waals surface area contributed by atoms with Crippen molar-refractivity contribution in [1.29, 1.82) is 0 Å². The van der Waals surface area contributed by atoms with Gasteiger partial charge in [0, 0.05) is 5.57 Å². The topological polar surface area (TPSA) is 46.5 Å². The minimum Gasteiger partial charge on any atom is -0.457 e. The van der Waals surface area contributed by atoms with Crippen molar-refractivity contribution in [3.8, 4) is 0 Å². The Bertz CT molecular complexity index is 308. The first-order valence-corrected chi connectivity index (χ1v) is 4.54. The Balaban J connectivity index is 2.89. The summed E-state index contributed by atoms with van der Waals surface area (Å²) in [6.07, 6.45) is 6.46. The van der Waals surface area contributed by atoms with Gasteiger partial charge in [0.25, 0.3) is 0 Å². The van der Waals surface area contributed by atoms with Crippen LogP contribution in [0.2, 0.25) is 0 Å². The first-order chi connectivity index (χ1) is 6.66. The van der Waals surface area contributed by atoms with Crippen LogP contribution in [-0.4, -0.2) is 23.8 Å². The maximum absolute atomic E-state index is 11.2. The highest BCUT2D eigenvalue weighted by molar-refractivity contribution is 5.95. The summed E-state index contributed by atoms with van der Waals surface area (Å²) < 4.78 is 4.82. The van der Waals surface area contributed by atoms with E-state index in [4.69, 9.17) is 4.74 Å². The lowest BCUT2D eigenvalue weighted by molar-refractivity contribution is -0.135. The molecule has 0 aromatic carbocycles. The van der Waals surface area contributed by atoms with Crippen molar-refractivity contribution in [2.45, 2.75) is 20.0 Å². The number of carbonyl (C=O) groups excluding carboxylic acids is 1. The molecule has 3 nitrogen and oxygen atoms in total. The molecule has 76 valence electrons. The highest BCUT2D eigenvalue weighted by Crippen LogP contribution is 2.20. The second-order valence-corrected chi connectivity index (χ2v) is 3.08. The van der Waals surface area contributed by atoms with Gasteiger partial charge in [0.1, 0.15) is 6.61 Å². The van der Waals surface area contributed by atoms with E-state index in [1.54, 1.807) is 19.1 Å². The van der Waals surface area contributed by atoms with Gasteiger partial charge >= 0.3 is 5.97 Å². The molecule has 14 heavy (non-hydrogen) atoms. The maximum Gasteiger partial charge on any atom is 0.338 e. The molecule has 0 radical (unpaired) electrons. The Hall–Kier alpha value is -1.35. The molecule has 0 bridgehead atoms. The third-order valence-corrected chi connectivity index (χ3v) is 2.00. The van der Waals surface area contributed by atoms with E-state index in [0.717, 1.165) is 0 Å². The molecule has 1 rings (SSSR count). The highest BCUT2D eigenvalue weighted by atomic mass is 16.5. The third kappa shape index (κ3) is 2.33. The first kappa shape index (κ1) is 10.7. The summed E-state index contributed by atoms with van der Waals surface area (Å²) in [5.41, 5.74) is 1.12. The quantitative estimate of drug-likeness (QED) is 0.545. The second kappa shape index (κ2) is 4.77. The molecule has 1 atom stereocenters. The van der Waals surface area contributed by atoms with Crippen LogP contribution in [0.4, 0.5) is 0 Å². The smallest absolute Gasteiger partial charge is 0.338 e. The molecular formula is C11H14O3. The van der Waals surface area contributed by atoms with Crippen LogP contribution in [0.3, 0.4) is 0 Å². The second-order valence-electron chi connectivity index (χ2n) is 3.08. The Morgan fingerprint density at radius 2 is 2.21 bits per heavy atom. The van der Waals surface area contributed by atoms with E-state index in [1.807, 2.05) is 19.1 Å². The van der Waals surface area contributed by atoms with Crippen molar-refractivity contribution in [2.24, 2.45) is 0 Å². The van der Waals surface area contributed by atoms with Crippen molar-refractivity contribution >= 4 is 5.97 Å². The molecule has 1 N–H and O–H groups in total. The zero-order valence-corrected chi connectivity index (χ0v) is 8.36. The number of hydrogen-bond donors (Lipinski definition) is 1. The minimum atomic E-state index is -0.633. The van der Waals surface area contributed by atoms with Crippen molar-refractivity contribution < 1.29 is 14.6 Å². The number of aliphatic hydroxyl groups excluding tert-OH is 1. The summed E-state index contributed by atoms with van der Waals surface area (Å²) in [5, 5.41) is 9.35. The molecule has 0 saturated heterocycles. The van der Waals surface area contributed by atoms with E-state index in [1.165, 1.54) is 0 Å². The first-order valence-electron chi connectivity index (χ1n) is 4.54. The molecule has 0 aromatic heterocycles. The summed E-state index contributed by atoms with van der Waals surface area (Å²) in [7, 11) is 0. The van der Waals surface area contributed by atoms with E-state index in [-0.39, 0.29) is 12.6 Å². The van der Waals surface area contributed by atoms with Gasteiger partial charge in [0.2, 0.25) is 0 Å². The molecule has 3 heteroatoms. The molecule has 1 aliphatic heterocycles. The van der Waals surface area contributed by atoms with Gasteiger partial charge in [-0.3, -0.25) is 0 Å². The summed E-state index contributed by atoms with van der Waals surface area (Å²) in [6, 6.07) is 0. The normalized spacial score (nSPS) is 19.8. The van der Waals surface area contributed by atoms with Crippen LogP contribution in [0, 0.1) is 0 Å². The standard InChI is InChI=1S/C11H14O3/c1-3-4-5-6-9-10(8(2)12)7-14-11(9)13/h3-6,8,12H,7H2,1-2H3/b4-3+,6-5+/t8-/m0/s1. The van der Waals surface area contributed by atoms with Gasteiger partial charge in [0.15, 0.2) is 0 Å². The van der Waals surface area contributed by atoms with Crippen LogP contribution in [0.25, 0.3) is 0 Å². The fourth-order valence-corrected chi connectivity index (χ4v) is 1.21. The van der Waals surface area contributed by atoms with Crippen LogP contribution in [0.15, 0.2) is 35.5 Å². The van der Waals surface area contributed by atoms with E-state index >= 15 is 0 Å². The van der Waals surface area contributed by atoms with Crippen molar-refractivity contribution in [1.82, 2.24) is 0 Å². The molecule has 0 amide bonds. The fourth-order valence-electron chi connectivity index (χ4n) is 1.21. The number of cyclic esters (lactones) is 1. The van der Waals surface area contributed by atoms with Crippen LogP contribution in [-0.2, 0) is 9.53 Å². The lowest BCUT2D eigenvalue weighted by Gasteiger charge is -2.02. The van der Waals surface area contributed by atoms with Crippen LogP contribution in [0.5, 0.6) is 0 Å². The number of allylic oxidation sites excluding steroid dienone is 3. The van der Waals surface area contributed by atoms with E-state index < -0.39 is 6.10 Å². The molecule has 0 aromatic rings. The lowest BCUT2D eigenvalue weighted by atomic mass is 10.1. The Morgan fingerprint density at radius 3 is 2.79 bits per heavy atom. The predicted octanol–water partition coefficient (Wildman–Crippen LogP) is 1.35. The fraction of sp³-hybridized carbons (Fsp3) is 0.364. The molecule has 0 saturated carbocycles. The number of hydrogen-bond acceptors (Lipinski definition) is 3. The molecule has 1 aliphatic rings. The highest BCUT2D eigenvalue weighted by Gasteiger charge is 2.24. The van der Waals surface area contributed by atoms with Gasteiger partial charge in [-0.25, -0.2) is 4.79 Å². The zero-order valence-electron chi connectivity index (χ0n) is 8.36. The predicted molar refractivity (Wildman–Crippen MR) is 53.6 cm³/mol. The Labute approximate surface area is 83.4 Å². The van der Waals surface area contributed by atoms with Gasteiger partial charge in [-0.1, -0.05) is 18.2 Å². The third-order valence-electron chi connectivity index (χ3n) is 2.00. The molecule has 1 heterocycles. The maximum atomic E-state index is 11.2. The van der Waals surface area contributed by atoms with E-state index in [2.05, 4.69) is 0 Å². The van der Waals surface area contributed by atoms with Gasteiger partial charge in [0.05, 0.1) is 11.7 Å². The zero-order chi connectivity index (χ0) is 10.6. The number of esters is 1. The summed E-state index contributed by atoms with van der Waals surface area (Å²) in [6.45, 7) is 3.72. The lowest BCUT2D eigenvalue weighted by Crippen LogP contribution is -2.06. The Kier molecular flexibility index (Phi) is 3.65. The molecule has 0 unspecified atom stereocenters. The largest absolute Gasteiger partial charge is 0.457 e. The molecule has 0 aliphatic carbocycles. The number of rotatable bonds is 3. The SMILES string of the molecule is C/C=C/C=C/C1=C([C@H](C)O)COC1=O. The van der Waals surface area contributed by atoms with E-state index in [0.29, 0.717) is 11.1 Å². The van der Waals surface area contributed by atoms with Crippen LogP contribution in [0.1, 0.15) is 13.8 Å². The minimum absolute atomic E-state index is 0.200. The van der Waals surface area contributed by atoms with Gasteiger partial charge in [-0.05, 0) is 19.9 Å². The van der Waals surface area contributed by atoms with Crippen molar-refractivity contribution in [2.75, 3.05) is 6.61 Å². The van der Waals surface area contributed by atoms with Crippen molar-refractivity contribution in [3.05, 3.63) is 35.5 Å². The number of aliphatic hydroxyl groups is 1. The average Bonchev–Trinajstić information content (AvgIpc) is 2.48. The van der Waals surface area contributed by atoms with E-state index in [9.17, 15) is 9.90 Å². The number of ether oxygens (including phenoxy) is 1. The number of carbonyl (C=O) groups is 1. The van der Waals surface area contributed by atoms with Gasteiger partial charge < -0.3 is 9.84 Å². The Morgan fingerprint density at radius 1 is 1.50 bits per heavy atom. The summed E-state index contributed by atoms with van der Waals surface area (Å²) in [4.78, 5) is 11.2. The van der Waals surface area contributed by atoms with Gasteiger partial charge in [-0.2, -0.15) is 0 Å². The van der Waals surface area contributed by atoms with Crippen LogP contribution >= 0.6 is 0 Å². The average molecular weight is 194 g/mol. The molecule has 0 spiro atoms. The van der Waals surface area contributed by atoms with Crippen LogP contribution < -0.4 is 0 Å². The molecular weight excluding hydrogens is 180 g/mol. The summed E-state index contributed by atoms with van der Waals surface area (Å²) in [5.74, 6) is -0.360. The summed E-state index contributed by atoms with van der Waals surface area (Å²) >= 11 is 0. The van der Waals surface area contributed by atoms with Gasteiger partial charge in [-0.15, -0.1) is 0 Å². The van der Waals surface area contributed by atoms with Crippen molar-refractivity contribution in [3.63, 3.8) is 0 Å². The monoisotopic (exact) mass is 194 g/mol.